The van der Waals surface area contributed by atoms with E-state index in [9.17, 15) is 5.11 Å². The SMILES string of the molecule is CCCOc1ccc(OCCN2CC[C@H](O)C[C@@H]2C2CC2)cc1.O=CO. The predicted molar refractivity (Wildman–Crippen MR) is 99.7 cm³/mol. The van der Waals surface area contributed by atoms with Crippen molar-refractivity contribution >= 4 is 6.47 Å². The third-order valence-corrected chi connectivity index (χ3v) is 4.84. The summed E-state index contributed by atoms with van der Waals surface area (Å²) in [6, 6.07) is 8.45. The maximum absolute atomic E-state index is 9.90. The lowest BCUT2D eigenvalue weighted by molar-refractivity contribution is -0.122. The highest BCUT2D eigenvalue weighted by atomic mass is 16.5. The van der Waals surface area contributed by atoms with Crippen molar-refractivity contribution in [3.63, 3.8) is 0 Å². The molecule has 26 heavy (non-hydrogen) atoms. The summed E-state index contributed by atoms with van der Waals surface area (Å²) in [7, 11) is 0. The van der Waals surface area contributed by atoms with Crippen LogP contribution in [0.1, 0.15) is 39.0 Å². The van der Waals surface area contributed by atoms with Gasteiger partial charge in [-0.3, -0.25) is 9.69 Å². The fourth-order valence-corrected chi connectivity index (χ4v) is 3.41. The van der Waals surface area contributed by atoms with Crippen molar-refractivity contribution in [3.05, 3.63) is 24.3 Å². The molecular weight excluding hydrogens is 334 g/mol. The lowest BCUT2D eigenvalue weighted by atomic mass is 9.96. The molecule has 1 aromatic carbocycles. The molecule has 2 fully saturated rings. The summed E-state index contributed by atoms with van der Waals surface area (Å²) in [4.78, 5) is 10.9. The van der Waals surface area contributed by atoms with E-state index in [-0.39, 0.29) is 12.6 Å². The molecule has 6 nitrogen and oxygen atoms in total. The predicted octanol–water partition coefficient (Wildman–Crippen LogP) is 2.79. The first kappa shape index (κ1) is 20.5. The lowest BCUT2D eigenvalue weighted by Gasteiger charge is -2.38. The summed E-state index contributed by atoms with van der Waals surface area (Å²) in [6.45, 7) is 5.25. The van der Waals surface area contributed by atoms with E-state index in [4.69, 9.17) is 19.4 Å². The van der Waals surface area contributed by atoms with Gasteiger partial charge in [-0.25, -0.2) is 0 Å². The minimum Gasteiger partial charge on any atom is -0.494 e. The summed E-state index contributed by atoms with van der Waals surface area (Å²) in [5.74, 6) is 2.60. The van der Waals surface area contributed by atoms with E-state index in [1.807, 2.05) is 24.3 Å². The van der Waals surface area contributed by atoms with E-state index in [1.165, 1.54) is 12.8 Å². The summed E-state index contributed by atoms with van der Waals surface area (Å²) in [5.41, 5.74) is 0. The molecule has 0 bridgehead atoms. The Morgan fingerprint density at radius 2 is 1.69 bits per heavy atom. The van der Waals surface area contributed by atoms with Crippen LogP contribution in [-0.4, -0.2) is 60.0 Å². The van der Waals surface area contributed by atoms with Crippen LogP contribution in [0.25, 0.3) is 0 Å². The van der Waals surface area contributed by atoms with Gasteiger partial charge in [-0.15, -0.1) is 0 Å². The molecule has 0 aromatic heterocycles. The first-order chi connectivity index (χ1) is 12.7. The number of carboxylic acid groups (broad SMARTS) is 1. The monoisotopic (exact) mass is 365 g/mol. The number of benzene rings is 1. The molecule has 0 spiro atoms. The Morgan fingerprint density at radius 1 is 1.12 bits per heavy atom. The fraction of sp³-hybridized carbons (Fsp3) is 0.650. The molecule has 3 rings (SSSR count). The van der Waals surface area contributed by atoms with Crippen molar-refractivity contribution in [2.75, 3.05) is 26.3 Å². The molecule has 1 aliphatic heterocycles. The molecule has 0 unspecified atom stereocenters. The van der Waals surface area contributed by atoms with Crippen LogP contribution in [0.15, 0.2) is 24.3 Å². The Kier molecular flexibility index (Phi) is 8.71. The van der Waals surface area contributed by atoms with Gasteiger partial charge >= 0.3 is 0 Å². The molecule has 1 aromatic rings. The number of ether oxygens (including phenoxy) is 2. The molecule has 0 amide bonds. The van der Waals surface area contributed by atoms with Gasteiger partial charge < -0.3 is 19.7 Å². The van der Waals surface area contributed by atoms with Gasteiger partial charge in [0.1, 0.15) is 18.1 Å². The Morgan fingerprint density at radius 3 is 2.23 bits per heavy atom. The summed E-state index contributed by atoms with van der Waals surface area (Å²) in [6.07, 6.45) is 5.40. The summed E-state index contributed by atoms with van der Waals surface area (Å²) < 4.78 is 11.5. The second-order valence-corrected chi connectivity index (χ2v) is 6.89. The van der Waals surface area contributed by atoms with Crippen molar-refractivity contribution in [1.29, 1.82) is 0 Å². The second-order valence-electron chi connectivity index (χ2n) is 6.89. The van der Waals surface area contributed by atoms with Crippen molar-refractivity contribution in [2.45, 2.75) is 51.2 Å². The molecule has 1 aliphatic carbocycles. The first-order valence-corrected chi connectivity index (χ1v) is 9.53. The number of hydrogen-bond donors (Lipinski definition) is 2. The normalized spacial score (nSPS) is 22.8. The van der Waals surface area contributed by atoms with Gasteiger partial charge in [0.2, 0.25) is 0 Å². The Hall–Kier alpha value is -1.79. The highest BCUT2D eigenvalue weighted by Crippen LogP contribution is 2.39. The third kappa shape index (κ3) is 6.84. The standard InChI is InChI=1S/C19H29NO3.CH2O2/c1-2-12-22-17-5-7-18(8-6-17)23-13-11-20-10-9-16(21)14-19(20)15-3-4-15;2-1-3/h5-8,15-16,19,21H,2-4,9-14H2,1H3;1H,(H,2,3)/t16-,19+;/m0./s1. The average Bonchev–Trinajstić information content (AvgIpc) is 3.48. The van der Waals surface area contributed by atoms with Crippen LogP contribution in [0.2, 0.25) is 0 Å². The van der Waals surface area contributed by atoms with Crippen LogP contribution in [-0.2, 0) is 4.79 Å². The third-order valence-electron chi connectivity index (χ3n) is 4.84. The molecule has 2 N–H and O–H groups in total. The van der Waals surface area contributed by atoms with E-state index < -0.39 is 0 Å². The number of nitrogens with zero attached hydrogens (tertiary/aromatic N) is 1. The molecule has 146 valence electrons. The molecule has 2 aliphatic rings. The van der Waals surface area contributed by atoms with Gasteiger partial charge in [0, 0.05) is 19.1 Å². The smallest absolute Gasteiger partial charge is 0.290 e. The molecule has 0 radical (unpaired) electrons. The zero-order chi connectivity index (χ0) is 18.8. The second kappa shape index (κ2) is 11.0. The van der Waals surface area contributed by atoms with Crippen LogP contribution in [0.3, 0.4) is 0 Å². The van der Waals surface area contributed by atoms with E-state index in [0.29, 0.717) is 12.6 Å². The molecule has 1 saturated carbocycles. The Labute approximate surface area is 155 Å². The van der Waals surface area contributed by atoms with E-state index in [0.717, 1.165) is 56.4 Å². The zero-order valence-electron chi connectivity index (χ0n) is 15.5. The number of hydrogen-bond acceptors (Lipinski definition) is 5. The number of likely N-dealkylation sites (tertiary alicyclic amines) is 1. The van der Waals surface area contributed by atoms with Gasteiger partial charge in [0.05, 0.1) is 12.7 Å². The zero-order valence-corrected chi connectivity index (χ0v) is 15.5. The first-order valence-electron chi connectivity index (χ1n) is 9.53. The van der Waals surface area contributed by atoms with E-state index in [1.54, 1.807) is 0 Å². The van der Waals surface area contributed by atoms with Crippen LogP contribution in [0.5, 0.6) is 11.5 Å². The van der Waals surface area contributed by atoms with Gasteiger partial charge in [0.25, 0.3) is 6.47 Å². The Balaban J connectivity index is 0.000000758. The van der Waals surface area contributed by atoms with Crippen molar-refractivity contribution < 1.29 is 24.5 Å². The molecule has 2 atom stereocenters. The number of piperidine rings is 1. The summed E-state index contributed by atoms with van der Waals surface area (Å²) >= 11 is 0. The van der Waals surface area contributed by atoms with E-state index in [2.05, 4.69) is 11.8 Å². The highest BCUT2D eigenvalue weighted by Gasteiger charge is 2.38. The molecule has 1 saturated heterocycles. The van der Waals surface area contributed by atoms with Crippen molar-refractivity contribution in [3.8, 4) is 11.5 Å². The van der Waals surface area contributed by atoms with Crippen LogP contribution >= 0.6 is 0 Å². The number of aliphatic hydroxyl groups excluding tert-OH is 1. The Bertz CT molecular complexity index is 517. The lowest BCUT2D eigenvalue weighted by Crippen LogP contribution is -2.47. The maximum Gasteiger partial charge on any atom is 0.290 e. The quantitative estimate of drug-likeness (QED) is 0.690. The fourth-order valence-electron chi connectivity index (χ4n) is 3.41. The summed E-state index contributed by atoms with van der Waals surface area (Å²) in [5, 5.41) is 16.8. The van der Waals surface area contributed by atoms with Gasteiger partial charge in [-0.05, 0) is 62.3 Å². The van der Waals surface area contributed by atoms with Crippen LogP contribution in [0, 0.1) is 5.92 Å². The van der Waals surface area contributed by atoms with Crippen molar-refractivity contribution in [1.82, 2.24) is 4.90 Å². The van der Waals surface area contributed by atoms with Gasteiger partial charge in [-0.1, -0.05) is 6.92 Å². The topological polar surface area (TPSA) is 79.2 Å². The minimum atomic E-state index is -0.250. The van der Waals surface area contributed by atoms with Crippen molar-refractivity contribution in [2.24, 2.45) is 5.92 Å². The van der Waals surface area contributed by atoms with Crippen LogP contribution < -0.4 is 9.47 Å². The molecular formula is C20H31NO5. The highest BCUT2D eigenvalue weighted by molar-refractivity contribution is 5.32. The van der Waals surface area contributed by atoms with Crippen LogP contribution in [0.4, 0.5) is 0 Å². The molecule has 6 heteroatoms. The van der Waals surface area contributed by atoms with Gasteiger partial charge in [-0.2, -0.15) is 0 Å². The maximum atomic E-state index is 9.90. The number of aliphatic hydroxyl groups is 1. The molecule has 1 heterocycles. The largest absolute Gasteiger partial charge is 0.494 e. The number of rotatable bonds is 8. The van der Waals surface area contributed by atoms with Gasteiger partial charge in [0.15, 0.2) is 0 Å². The van der Waals surface area contributed by atoms with E-state index >= 15 is 0 Å². The number of carbonyl (C=O) groups is 1. The average molecular weight is 365 g/mol. The minimum absolute atomic E-state index is 0.103.